The first-order chi connectivity index (χ1) is 9.77. The normalized spacial score (nSPS) is 13.2. The molecule has 0 aliphatic rings. The minimum atomic E-state index is -4.38. The Bertz CT molecular complexity index is 629. The van der Waals surface area contributed by atoms with Crippen LogP contribution in [0.15, 0.2) is 50.9 Å². The van der Waals surface area contributed by atoms with Crippen molar-refractivity contribution in [2.24, 2.45) is 0 Å². The lowest BCUT2D eigenvalue weighted by atomic mass is 10.1. The highest BCUT2D eigenvalue weighted by molar-refractivity contribution is 9.10. The first-order valence-electron chi connectivity index (χ1n) is 5.96. The molecule has 0 spiro atoms. The number of hydrogen-bond donors (Lipinski definition) is 1. The van der Waals surface area contributed by atoms with E-state index in [1.807, 2.05) is 0 Å². The Morgan fingerprint density at radius 1 is 1.24 bits per heavy atom. The van der Waals surface area contributed by atoms with Gasteiger partial charge in [-0.3, -0.25) is 0 Å². The molecule has 2 nitrogen and oxygen atoms in total. The van der Waals surface area contributed by atoms with Crippen LogP contribution in [0.25, 0.3) is 0 Å². The van der Waals surface area contributed by atoms with Gasteiger partial charge in [-0.05, 0) is 36.8 Å². The second-order valence-electron chi connectivity index (χ2n) is 4.34. The van der Waals surface area contributed by atoms with E-state index < -0.39 is 17.8 Å². The van der Waals surface area contributed by atoms with Crippen molar-refractivity contribution < 1.29 is 18.3 Å². The molecule has 0 saturated heterocycles. The second-order valence-corrected chi connectivity index (χ2v) is 6.29. The van der Waals surface area contributed by atoms with Crippen molar-refractivity contribution >= 4 is 27.7 Å². The molecule has 1 atom stereocenters. The zero-order valence-corrected chi connectivity index (χ0v) is 13.3. The lowest BCUT2D eigenvalue weighted by Gasteiger charge is -2.10. The monoisotopic (exact) mass is 377 g/mol. The minimum Gasteiger partial charge on any atom is -0.389 e. The smallest absolute Gasteiger partial charge is 0.389 e. The maximum Gasteiger partial charge on any atom is 0.417 e. The summed E-state index contributed by atoms with van der Waals surface area (Å²) in [6, 6.07) is 7.70. The predicted molar refractivity (Wildman–Crippen MR) is 78.1 cm³/mol. The van der Waals surface area contributed by atoms with Crippen LogP contribution >= 0.6 is 27.7 Å². The highest BCUT2D eigenvalue weighted by atomic mass is 79.9. The standard InChI is InChI=1S/C14H11BrF3NOS/c1-8(20)11-4-3-10(6-12(11)15)21-13-5-2-9(7-19-13)14(16,17)18/h2-8,20H,1H3/t8-/m0/s1. The Morgan fingerprint density at radius 2 is 1.95 bits per heavy atom. The predicted octanol–water partition coefficient (Wildman–Crippen LogP) is 5.07. The van der Waals surface area contributed by atoms with Gasteiger partial charge >= 0.3 is 6.18 Å². The molecule has 0 amide bonds. The number of alkyl halides is 3. The number of halogens is 4. The molecule has 0 bridgehead atoms. The summed E-state index contributed by atoms with van der Waals surface area (Å²) in [4.78, 5) is 4.62. The maximum absolute atomic E-state index is 12.4. The van der Waals surface area contributed by atoms with Gasteiger partial charge in [0.15, 0.2) is 0 Å². The first kappa shape index (κ1) is 16.3. The molecular formula is C14H11BrF3NOS. The molecule has 0 fully saturated rings. The van der Waals surface area contributed by atoms with Crippen molar-refractivity contribution in [3.8, 4) is 0 Å². The van der Waals surface area contributed by atoms with Crippen LogP contribution in [0.5, 0.6) is 0 Å². The van der Waals surface area contributed by atoms with Gasteiger partial charge in [-0.2, -0.15) is 13.2 Å². The van der Waals surface area contributed by atoms with Crippen LogP contribution in [0, 0.1) is 0 Å². The summed E-state index contributed by atoms with van der Waals surface area (Å²) in [5.74, 6) is 0. The van der Waals surface area contributed by atoms with E-state index in [0.29, 0.717) is 5.03 Å². The zero-order valence-electron chi connectivity index (χ0n) is 10.9. The van der Waals surface area contributed by atoms with Crippen LogP contribution in [0.1, 0.15) is 24.2 Å². The van der Waals surface area contributed by atoms with Gasteiger partial charge in [0.05, 0.1) is 11.7 Å². The fraction of sp³-hybridized carbons (Fsp3) is 0.214. The Labute approximate surface area is 132 Å². The van der Waals surface area contributed by atoms with Gasteiger partial charge in [0.2, 0.25) is 0 Å². The Morgan fingerprint density at radius 3 is 2.43 bits per heavy atom. The van der Waals surface area contributed by atoms with Crippen LogP contribution < -0.4 is 0 Å². The summed E-state index contributed by atoms with van der Waals surface area (Å²) < 4.78 is 38.1. The third-order valence-corrected chi connectivity index (χ3v) is 4.34. The number of pyridine rings is 1. The number of aliphatic hydroxyl groups excluding tert-OH is 1. The molecule has 2 rings (SSSR count). The van der Waals surface area contributed by atoms with Crippen molar-refractivity contribution in [1.29, 1.82) is 0 Å². The summed E-state index contributed by atoms with van der Waals surface area (Å²) in [5.41, 5.74) is -0.0165. The van der Waals surface area contributed by atoms with Crippen molar-refractivity contribution in [2.75, 3.05) is 0 Å². The average Bonchev–Trinajstić information content (AvgIpc) is 2.38. The molecular weight excluding hydrogens is 367 g/mol. The minimum absolute atomic E-state index is 0.472. The molecule has 0 unspecified atom stereocenters. The highest BCUT2D eigenvalue weighted by Gasteiger charge is 2.30. The molecule has 112 valence electrons. The van der Waals surface area contributed by atoms with Gasteiger partial charge in [0, 0.05) is 15.6 Å². The molecule has 0 aliphatic carbocycles. The summed E-state index contributed by atoms with van der Waals surface area (Å²) in [6.07, 6.45) is -4.15. The lowest BCUT2D eigenvalue weighted by molar-refractivity contribution is -0.137. The maximum atomic E-state index is 12.4. The fourth-order valence-corrected chi connectivity index (χ4v) is 3.30. The van der Waals surface area contributed by atoms with E-state index in [1.54, 1.807) is 25.1 Å². The number of aliphatic hydroxyl groups is 1. The topological polar surface area (TPSA) is 33.1 Å². The first-order valence-corrected chi connectivity index (χ1v) is 7.57. The summed E-state index contributed by atoms with van der Waals surface area (Å²) >= 11 is 4.61. The Balaban J connectivity index is 2.17. The van der Waals surface area contributed by atoms with Gasteiger partial charge in [-0.15, -0.1) is 0 Å². The van der Waals surface area contributed by atoms with Gasteiger partial charge in [-0.25, -0.2) is 4.98 Å². The molecule has 0 radical (unpaired) electrons. The third kappa shape index (κ3) is 4.21. The van der Waals surface area contributed by atoms with Gasteiger partial charge in [0.1, 0.15) is 5.03 Å². The number of benzene rings is 1. The molecule has 1 aromatic carbocycles. The molecule has 1 N–H and O–H groups in total. The van der Waals surface area contributed by atoms with E-state index in [4.69, 9.17) is 0 Å². The zero-order chi connectivity index (χ0) is 15.6. The Hall–Kier alpha value is -1.05. The number of rotatable bonds is 3. The van der Waals surface area contributed by atoms with E-state index in [1.165, 1.54) is 17.8 Å². The fourth-order valence-electron chi connectivity index (χ4n) is 1.64. The summed E-state index contributed by atoms with van der Waals surface area (Å²) in [5, 5.41) is 10.0. The highest BCUT2D eigenvalue weighted by Crippen LogP contribution is 2.34. The quantitative estimate of drug-likeness (QED) is 0.810. The van der Waals surface area contributed by atoms with Crippen LogP contribution in [-0.4, -0.2) is 10.1 Å². The summed E-state index contributed by atoms with van der Waals surface area (Å²) in [7, 11) is 0. The number of nitrogens with zero attached hydrogens (tertiary/aromatic N) is 1. The molecule has 21 heavy (non-hydrogen) atoms. The van der Waals surface area contributed by atoms with Crippen molar-refractivity contribution in [2.45, 2.75) is 29.1 Å². The van der Waals surface area contributed by atoms with Crippen LogP contribution in [0.2, 0.25) is 0 Å². The van der Waals surface area contributed by atoms with E-state index >= 15 is 0 Å². The average molecular weight is 378 g/mol. The number of hydrogen-bond acceptors (Lipinski definition) is 3. The largest absolute Gasteiger partial charge is 0.417 e. The van der Waals surface area contributed by atoms with Crippen molar-refractivity contribution in [3.05, 3.63) is 52.1 Å². The lowest BCUT2D eigenvalue weighted by Crippen LogP contribution is -2.04. The molecule has 1 heterocycles. The third-order valence-electron chi connectivity index (χ3n) is 2.71. The van der Waals surface area contributed by atoms with Crippen LogP contribution in [0.3, 0.4) is 0 Å². The van der Waals surface area contributed by atoms with Crippen molar-refractivity contribution in [3.63, 3.8) is 0 Å². The van der Waals surface area contributed by atoms with E-state index in [0.717, 1.165) is 27.2 Å². The van der Waals surface area contributed by atoms with Gasteiger partial charge in [-0.1, -0.05) is 33.8 Å². The second kappa shape index (κ2) is 6.37. The van der Waals surface area contributed by atoms with E-state index in [-0.39, 0.29) is 0 Å². The SMILES string of the molecule is C[C@H](O)c1ccc(Sc2ccc(C(F)(F)F)cn2)cc1Br. The van der Waals surface area contributed by atoms with Gasteiger partial charge in [0.25, 0.3) is 0 Å². The molecule has 2 aromatic rings. The van der Waals surface area contributed by atoms with Gasteiger partial charge < -0.3 is 5.11 Å². The van der Waals surface area contributed by atoms with E-state index in [2.05, 4.69) is 20.9 Å². The molecule has 0 saturated carbocycles. The molecule has 0 aliphatic heterocycles. The molecule has 1 aromatic heterocycles. The van der Waals surface area contributed by atoms with Crippen LogP contribution in [0.4, 0.5) is 13.2 Å². The van der Waals surface area contributed by atoms with E-state index in [9.17, 15) is 18.3 Å². The summed E-state index contributed by atoms with van der Waals surface area (Å²) in [6.45, 7) is 1.66. The molecule has 7 heteroatoms. The Kier molecular flexibility index (Phi) is 4.95. The van der Waals surface area contributed by atoms with Crippen LogP contribution in [-0.2, 0) is 6.18 Å². The van der Waals surface area contributed by atoms with Crippen molar-refractivity contribution in [1.82, 2.24) is 4.98 Å². The number of aromatic nitrogens is 1.